The number of nitrogens with two attached hydrogens (primary N) is 1. The predicted molar refractivity (Wildman–Crippen MR) is 143 cm³/mol. The highest BCUT2D eigenvalue weighted by atomic mass is 35.5. The van der Waals surface area contributed by atoms with E-state index in [1.54, 1.807) is 0 Å². The number of hydrogen-bond donors (Lipinski definition) is 18. The van der Waals surface area contributed by atoms with Gasteiger partial charge in [-0.05, 0) is 27.7 Å². The first kappa shape index (κ1) is 51.2. The largest absolute Gasteiger partial charge is 0.369 e. The van der Waals surface area contributed by atoms with Crippen LogP contribution in [-0.2, 0) is 36.5 Å². The molecule has 0 saturated heterocycles. The van der Waals surface area contributed by atoms with E-state index in [9.17, 15) is 36.5 Å². The Labute approximate surface area is 245 Å². The van der Waals surface area contributed by atoms with Gasteiger partial charge in [-0.25, -0.2) is 0 Å². The van der Waals surface area contributed by atoms with Crippen molar-refractivity contribution >= 4 is 72.4 Å². The Hall–Kier alpha value is 1.41. The van der Waals surface area contributed by atoms with Crippen molar-refractivity contribution in [1.82, 2.24) is 0 Å². The van der Waals surface area contributed by atoms with E-state index in [0.29, 0.717) is 20.8 Å². The highest BCUT2D eigenvalue weighted by Gasteiger charge is 2.56. The average molecular weight is 826 g/mol. The second kappa shape index (κ2) is 15.7. The van der Waals surface area contributed by atoms with Crippen LogP contribution in [0.4, 0.5) is 0 Å². The van der Waals surface area contributed by atoms with Crippen molar-refractivity contribution in [2.45, 2.75) is 47.6 Å². The zero-order chi connectivity index (χ0) is 37.1. The summed E-state index contributed by atoms with van der Waals surface area (Å²) in [6, 6.07) is 0. The van der Waals surface area contributed by atoms with Crippen LogP contribution in [0.2, 0.25) is 0 Å². The van der Waals surface area contributed by atoms with E-state index >= 15 is 0 Å². The van der Waals surface area contributed by atoms with Crippen LogP contribution in [0, 0.1) is 0 Å². The number of hydrogen-bond acceptors (Lipinski definition) is 10. The Bertz CT molecular complexity index is 1090. The molecule has 0 aromatic rings. The molecule has 0 aliphatic carbocycles. The third kappa shape index (κ3) is 16.4. The molecule has 0 fully saturated rings. The zero-order valence-electron chi connectivity index (χ0n) is 21.5. The van der Waals surface area contributed by atoms with E-state index in [2.05, 4.69) is 0 Å². The first-order valence-electron chi connectivity index (χ1n) is 9.30. The standard InChI is InChI=1S/C2H7ClO6P2.C2H9NO6P2.C2H8O7P2.C2H8O6P2/c3*1-2(3,10(4,5)6)11(7,8)9;1-2(9(3,4)5)10(6,7)8/h1H3,(H2,4,5,6)(H2,7,8,9);3H2,1H3,(H2,4,5,6)(H2,7,8,9);3H,1H3,(H2,4,5,6)(H2,7,8,9);2H,1H3,(H2,3,4,5)(H2,6,7,8). The summed E-state index contributed by atoms with van der Waals surface area (Å²) in [5.74, 6) is 0. The molecule has 0 rings (SSSR count). The van der Waals surface area contributed by atoms with Gasteiger partial charge in [0.2, 0.25) is 9.38 Å². The molecule has 0 heterocycles. The van der Waals surface area contributed by atoms with Crippen LogP contribution in [0.3, 0.4) is 0 Å². The molecule has 0 spiro atoms. The van der Waals surface area contributed by atoms with E-state index in [4.69, 9.17) is 101 Å². The van der Waals surface area contributed by atoms with E-state index in [-0.39, 0.29) is 0 Å². The van der Waals surface area contributed by atoms with Crippen molar-refractivity contribution in [3.63, 3.8) is 0 Å². The summed E-state index contributed by atoms with van der Waals surface area (Å²) in [5, 5.41) is 0.675. The summed E-state index contributed by atoms with van der Waals surface area (Å²) < 4.78 is 79.5. The molecule has 43 heavy (non-hydrogen) atoms. The van der Waals surface area contributed by atoms with Crippen LogP contribution < -0.4 is 5.73 Å². The van der Waals surface area contributed by atoms with Crippen molar-refractivity contribution in [2.75, 3.05) is 0 Å². The van der Waals surface area contributed by atoms with Crippen LogP contribution in [0.15, 0.2) is 0 Å². The summed E-state index contributed by atoms with van der Waals surface area (Å²) >= 11 is 4.96. The minimum Gasteiger partial charge on any atom is -0.368 e. The van der Waals surface area contributed by atoms with Crippen molar-refractivity contribution in [3.05, 3.63) is 0 Å². The fourth-order valence-corrected chi connectivity index (χ4v) is 6.35. The van der Waals surface area contributed by atoms with Crippen molar-refractivity contribution in [3.8, 4) is 0 Å². The molecule has 0 saturated carbocycles. The minimum atomic E-state index is -5.20. The normalized spacial score (nSPS) is 14.9. The molecular formula is C8H32ClNO25P8. The lowest BCUT2D eigenvalue weighted by Gasteiger charge is -2.25. The lowest BCUT2D eigenvalue weighted by molar-refractivity contribution is 0.146. The second-order valence-electron chi connectivity index (χ2n) is 8.04. The number of halogens is 1. The molecule has 0 radical (unpaired) electrons. The van der Waals surface area contributed by atoms with Gasteiger partial charge in [0, 0.05) is 0 Å². The molecule has 0 aliphatic heterocycles. The number of rotatable bonds is 8. The van der Waals surface area contributed by atoms with Gasteiger partial charge in [-0.3, -0.25) is 36.5 Å². The quantitative estimate of drug-likeness (QED) is 0.0922. The molecule has 0 aliphatic rings. The number of aliphatic hydroxyl groups is 1. The van der Waals surface area contributed by atoms with Gasteiger partial charge in [0.25, 0.3) is 5.08 Å². The first-order chi connectivity index (χ1) is 17.7. The Morgan fingerprint density at radius 2 is 0.674 bits per heavy atom. The monoisotopic (exact) mass is 825 g/mol. The summed E-state index contributed by atoms with van der Waals surface area (Å²) in [6.45, 7) is 2.39. The average Bonchev–Trinajstić information content (AvgIpc) is 2.62. The molecule has 0 aromatic carbocycles. The van der Waals surface area contributed by atoms with Crippen LogP contribution in [0.5, 0.6) is 0 Å². The van der Waals surface area contributed by atoms with Gasteiger partial charge in [0.1, 0.15) is 0 Å². The molecule has 0 bridgehead atoms. The van der Waals surface area contributed by atoms with Crippen LogP contribution >= 0.6 is 72.4 Å². The molecule has 0 amide bonds. The van der Waals surface area contributed by atoms with Crippen molar-refractivity contribution in [1.29, 1.82) is 0 Å². The van der Waals surface area contributed by atoms with Gasteiger partial charge in [-0.2, -0.15) is 0 Å². The van der Waals surface area contributed by atoms with E-state index < -0.39 is 80.6 Å². The maximum absolute atomic E-state index is 10.4. The topological polar surface area (TPSA) is 506 Å². The fraction of sp³-hybridized carbons (Fsp3) is 1.00. The summed E-state index contributed by atoms with van der Waals surface area (Å²) in [4.78, 5) is 133. The molecular weight excluding hydrogens is 793 g/mol. The molecule has 0 unspecified atom stereocenters. The van der Waals surface area contributed by atoms with Gasteiger partial charge >= 0.3 is 60.8 Å². The highest BCUT2D eigenvalue weighted by molar-refractivity contribution is 7.75. The van der Waals surface area contributed by atoms with E-state index in [0.717, 1.165) is 6.92 Å². The minimum absolute atomic E-state index is 0.383. The Morgan fingerprint density at radius 3 is 0.674 bits per heavy atom. The van der Waals surface area contributed by atoms with Gasteiger partial charge in [0.05, 0.1) is 0 Å². The molecule has 0 atom stereocenters. The maximum atomic E-state index is 10.4. The van der Waals surface area contributed by atoms with Crippen LogP contribution in [0.1, 0.15) is 27.7 Å². The zero-order valence-corrected chi connectivity index (χ0v) is 29.4. The van der Waals surface area contributed by atoms with E-state index in [1.165, 1.54) is 0 Å². The van der Waals surface area contributed by atoms with Gasteiger partial charge in [-0.1, -0.05) is 11.6 Å². The third-order valence-corrected chi connectivity index (χ3v) is 20.8. The Balaban J connectivity index is -0.000000236. The third-order valence-electron chi connectivity index (χ3n) is 4.32. The molecule has 0 aromatic heterocycles. The lowest BCUT2D eigenvalue weighted by Crippen LogP contribution is -2.35. The van der Waals surface area contributed by atoms with Gasteiger partial charge in [0.15, 0.2) is 5.40 Å². The molecule has 19 N–H and O–H groups in total. The SMILES string of the molecule is CC(Cl)(P(=O)(O)O)P(=O)(O)O.CC(N)(P(=O)(O)O)P(=O)(O)O.CC(O)(P(=O)(O)O)P(=O)(O)O.CC(P(=O)(O)O)P(=O)(O)O. The van der Waals surface area contributed by atoms with Gasteiger partial charge < -0.3 is 89.1 Å². The van der Waals surface area contributed by atoms with Crippen molar-refractivity contribution in [2.24, 2.45) is 5.73 Å². The predicted octanol–water partition coefficient (Wildman–Crippen LogP) is -2.08. The van der Waals surface area contributed by atoms with Crippen LogP contribution in [0.25, 0.3) is 0 Å². The Kier molecular flexibility index (Phi) is 18.8. The fourth-order valence-electron chi connectivity index (χ4n) is 0.705. The first-order valence-corrected chi connectivity index (χ1v) is 22.7. The molecule has 26 nitrogen and oxygen atoms in total. The summed E-state index contributed by atoms with van der Waals surface area (Å²) in [5.41, 5.74) is 4.74. The maximum Gasteiger partial charge on any atom is 0.369 e. The Morgan fingerprint density at radius 1 is 0.488 bits per heavy atom. The summed E-state index contributed by atoms with van der Waals surface area (Å²) in [6.07, 6.45) is 0. The summed E-state index contributed by atoms with van der Waals surface area (Å²) in [7, 11) is -39.6. The van der Waals surface area contributed by atoms with Crippen molar-refractivity contribution < 1.29 is 120 Å². The second-order valence-corrected chi connectivity index (χ2v) is 26.6. The smallest absolute Gasteiger partial charge is 0.368 e. The highest BCUT2D eigenvalue weighted by Crippen LogP contribution is 2.71. The van der Waals surface area contributed by atoms with E-state index in [1.807, 2.05) is 0 Å². The van der Waals surface area contributed by atoms with Crippen LogP contribution in [-0.4, -0.2) is 103 Å². The number of alkyl halides is 1. The molecule has 266 valence electrons. The lowest BCUT2D eigenvalue weighted by atomic mass is 10.8. The van der Waals surface area contributed by atoms with Gasteiger partial charge in [-0.15, -0.1) is 0 Å². The molecule has 35 heteroatoms.